The Bertz CT molecular complexity index is 2210. The average molecular weight is 805 g/mol. The number of ketones is 1. The summed E-state index contributed by atoms with van der Waals surface area (Å²) >= 11 is 0. The summed E-state index contributed by atoms with van der Waals surface area (Å²) < 4.78 is 23.9. The van der Waals surface area contributed by atoms with Crippen molar-refractivity contribution in [2.75, 3.05) is 32.1 Å². The molecule has 0 radical (unpaired) electrons. The second-order valence-corrected chi connectivity index (χ2v) is 16.5. The molecule has 15 heteroatoms. The molecule has 1 amide bonds. The second-order valence-electron chi connectivity index (χ2n) is 16.5. The summed E-state index contributed by atoms with van der Waals surface area (Å²) in [6.45, 7) is 14.5. The van der Waals surface area contributed by atoms with E-state index in [0.717, 1.165) is 0 Å². The maximum absolute atomic E-state index is 14.7. The molecule has 4 aliphatic heterocycles. The Labute approximate surface area is 337 Å². The van der Waals surface area contributed by atoms with Crippen molar-refractivity contribution in [2.45, 2.75) is 104 Å². The molecule has 0 saturated carbocycles. The zero-order valence-electron chi connectivity index (χ0n) is 34.6. The lowest BCUT2D eigenvalue weighted by Crippen LogP contribution is -2.54. The van der Waals surface area contributed by atoms with Crippen molar-refractivity contribution in [3.8, 4) is 17.2 Å². The predicted octanol–water partition coefficient (Wildman–Crippen LogP) is 3.42. The molecule has 1 unspecified atom stereocenters. The first-order valence-corrected chi connectivity index (χ1v) is 19.9. The van der Waals surface area contributed by atoms with Gasteiger partial charge in [-0.25, -0.2) is 4.99 Å². The summed E-state index contributed by atoms with van der Waals surface area (Å²) in [6, 6.07) is 0. The number of anilines is 1. The molecule has 15 nitrogen and oxygen atoms in total. The summed E-state index contributed by atoms with van der Waals surface area (Å²) in [5.41, 5.74) is 0.208. The van der Waals surface area contributed by atoms with Crippen LogP contribution in [0.1, 0.15) is 77.2 Å². The van der Waals surface area contributed by atoms with E-state index in [9.17, 15) is 34.8 Å². The van der Waals surface area contributed by atoms with Crippen LogP contribution in [0.15, 0.2) is 46.1 Å². The number of methoxy groups -OCH3 is 1. The Morgan fingerprint density at radius 1 is 0.948 bits per heavy atom. The Balaban J connectivity index is 1.57. The monoisotopic (exact) mass is 804 g/mol. The standard InChI is InChI=1S/C43H56N4O11/c1-20-11-10-12-21(2)41(54)46-33-32-31(47-43(19-45-32)14-16-44-17-15-43)28-29(37(33)52)36(51)25(6)39-30(28)40(53)42(8,58-39)56-18-13-27(55-9)22(3)38(57-26(7)48)24(5)35(50)23(4)34(20)49/h10-13,18,20,22-24,27,34-35,38,44,47,49-52H,14-17,19H2,1-9H3/b11-10+,18-13+,21-12-,46-33?/t20-,22?,23+,24+,27-,34-,35+,38+,42-/m0/s1. The third-order valence-corrected chi connectivity index (χ3v) is 12.4. The molecule has 2 aromatic carbocycles. The van der Waals surface area contributed by atoms with E-state index in [1.165, 1.54) is 33.3 Å². The highest BCUT2D eigenvalue weighted by Gasteiger charge is 2.50. The van der Waals surface area contributed by atoms with E-state index < -0.39 is 82.8 Å². The van der Waals surface area contributed by atoms with E-state index in [1.54, 1.807) is 59.8 Å². The SMILES string of the molecule is CO[C@H]1/C=C/O[C@@]2(C)Oc3c(C)c(O)c4c(O)c(c5c(c4c3C2=O)NC2(CCNCC2)CN=5)=NC(=O)/C(C)=C\C=C\[C@H](C)[C@H](O)[C@@H](C)[C@@H](O)[C@@H](C)[C@H](OC(C)=O)C1C. The molecule has 0 aromatic heterocycles. The fraction of sp³-hybridized carbons (Fsp3) is 0.558. The number of fused-ring (bicyclic) bond motifs is 1. The molecule has 6 rings (SSSR count). The highest BCUT2D eigenvalue weighted by Crippen LogP contribution is 2.51. The zero-order chi connectivity index (χ0) is 42.4. The van der Waals surface area contributed by atoms with Crippen molar-refractivity contribution in [3.63, 3.8) is 0 Å². The molecular weight excluding hydrogens is 748 g/mol. The van der Waals surface area contributed by atoms with Gasteiger partial charge in [0.1, 0.15) is 28.3 Å². The van der Waals surface area contributed by atoms with Crippen molar-refractivity contribution in [1.29, 1.82) is 0 Å². The summed E-state index contributed by atoms with van der Waals surface area (Å²) in [5.74, 6) is -7.04. The number of nitrogens with one attached hydrogen (secondary N) is 2. The molecular formula is C43H56N4O11. The first-order chi connectivity index (χ1) is 27.4. The zero-order valence-corrected chi connectivity index (χ0v) is 34.6. The minimum absolute atomic E-state index is 0.0507. The van der Waals surface area contributed by atoms with E-state index in [4.69, 9.17) is 23.9 Å². The third-order valence-electron chi connectivity index (χ3n) is 12.4. The number of phenolic OH excluding ortho intramolecular Hbond substituents is 2. The number of aliphatic hydroxyl groups excluding tert-OH is 2. The van der Waals surface area contributed by atoms with E-state index >= 15 is 0 Å². The number of benzene rings is 2. The summed E-state index contributed by atoms with van der Waals surface area (Å²) in [5, 5.41) is 53.6. The van der Waals surface area contributed by atoms with Crippen LogP contribution in [0.3, 0.4) is 0 Å². The van der Waals surface area contributed by atoms with Crippen LogP contribution in [0.4, 0.5) is 5.69 Å². The van der Waals surface area contributed by atoms with Gasteiger partial charge in [-0.2, -0.15) is 0 Å². The lowest BCUT2D eigenvalue weighted by atomic mass is 9.78. The Kier molecular flexibility index (Phi) is 12.1. The average Bonchev–Trinajstić information content (AvgIpc) is 3.46. The third kappa shape index (κ3) is 7.60. The number of phenols is 2. The number of aliphatic hydroxyl groups is 2. The summed E-state index contributed by atoms with van der Waals surface area (Å²) in [6.07, 6.45) is 5.26. The van der Waals surface area contributed by atoms with Gasteiger partial charge < -0.3 is 50.0 Å². The minimum Gasteiger partial charge on any atom is -0.507 e. The number of amides is 1. The number of carbonyl (C=O) groups is 3. The Morgan fingerprint density at radius 3 is 2.29 bits per heavy atom. The van der Waals surface area contributed by atoms with Gasteiger partial charge in [0.25, 0.3) is 11.7 Å². The quantitative estimate of drug-likeness (QED) is 0.190. The Hall–Kier alpha value is -4.83. The van der Waals surface area contributed by atoms with Crippen LogP contribution in [-0.2, 0) is 23.8 Å². The smallest absolute Gasteiger partial charge is 0.312 e. The summed E-state index contributed by atoms with van der Waals surface area (Å²) in [7, 11) is 1.47. The highest BCUT2D eigenvalue weighted by atomic mass is 16.7. The molecule has 314 valence electrons. The van der Waals surface area contributed by atoms with Crippen LogP contribution in [0, 0.1) is 30.6 Å². The van der Waals surface area contributed by atoms with Crippen LogP contribution < -0.4 is 26.1 Å². The Morgan fingerprint density at radius 2 is 1.64 bits per heavy atom. The predicted molar refractivity (Wildman–Crippen MR) is 214 cm³/mol. The number of hydrogen-bond donors (Lipinski definition) is 6. The number of rotatable bonds is 2. The number of piperidine rings is 1. The molecule has 1 fully saturated rings. The second kappa shape index (κ2) is 16.4. The molecule has 4 heterocycles. The van der Waals surface area contributed by atoms with Gasteiger partial charge in [0.15, 0.2) is 5.75 Å². The number of ether oxygens (including phenoxy) is 4. The van der Waals surface area contributed by atoms with Crippen LogP contribution in [-0.4, -0.2) is 101 Å². The van der Waals surface area contributed by atoms with Crippen LogP contribution in [0.5, 0.6) is 17.2 Å². The van der Waals surface area contributed by atoms with Gasteiger partial charge in [-0.15, -0.1) is 0 Å². The topological polar surface area (TPSA) is 218 Å². The molecule has 2 aromatic rings. The van der Waals surface area contributed by atoms with E-state index in [-0.39, 0.29) is 49.7 Å². The molecule has 9 atom stereocenters. The van der Waals surface area contributed by atoms with E-state index in [0.29, 0.717) is 38.2 Å². The number of esters is 1. The number of carbonyl (C=O) groups excluding carboxylic acids is 3. The maximum atomic E-state index is 14.7. The number of nitrogens with zero attached hydrogens (tertiary/aromatic N) is 2. The van der Waals surface area contributed by atoms with Gasteiger partial charge >= 0.3 is 11.8 Å². The number of hydrogen-bond acceptors (Lipinski definition) is 14. The van der Waals surface area contributed by atoms with Gasteiger partial charge in [0.05, 0.1) is 53.3 Å². The van der Waals surface area contributed by atoms with Crippen molar-refractivity contribution >= 4 is 34.1 Å². The normalized spacial score (nSPS) is 33.5. The summed E-state index contributed by atoms with van der Waals surface area (Å²) in [4.78, 5) is 50.0. The molecule has 6 N–H and O–H groups in total. The number of Topliss-reactive ketones (excluding diaryl/α,β-unsaturated/α-hetero) is 1. The molecule has 1 spiro atoms. The van der Waals surface area contributed by atoms with Crippen LogP contribution in [0.2, 0.25) is 0 Å². The van der Waals surface area contributed by atoms with Crippen molar-refractivity contribution in [2.24, 2.45) is 33.7 Å². The first kappa shape index (κ1) is 42.8. The fourth-order valence-electron chi connectivity index (χ4n) is 8.67. The lowest BCUT2D eigenvalue weighted by Gasteiger charge is -2.40. The van der Waals surface area contributed by atoms with Crippen molar-refractivity contribution < 1.29 is 53.8 Å². The van der Waals surface area contributed by atoms with Crippen molar-refractivity contribution in [1.82, 2.24) is 5.32 Å². The van der Waals surface area contributed by atoms with Gasteiger partial charge in [-0.3, -0.25) is 19.4 Å². The molecule has 0 aliphatic carbocycles. The van der Waals surface area contributed by atoms with Gasteiger partial charge in [0.2, 0.25) is 0 Å². The fourth-order valence-corrected chi connectivity index (χ4v) is 8.67. The van der Waals surface area contributed by atoms with Crippen molar-refractivity contribution in [3.05, 3.63) is 58.0 Å². The van der Waals surface area contributed by atoms with Gasteiger partial charge in [-0.1, -0.05) is 45.9 Å². The van der Waals surface area contributed by atoms with Gasteiger partial charge in [0, 0.05) is 61.2 Å². The molecule has 1 saturated heterocycles. The maximum Gasteiger partial charge on any atom is 0.312 e. The minimum atomic E-state index is -1.95. The largest absolute Gasteiger partial charge is 0.507 e. The number of aromatic hydroxyl groups is 2. The molecule has 58 heavy (non-hydrogen) atoms. The highest BCUT2D eigenvalue weighted by molar-refractivity contribution is 6.21. The first-order valence-electron chi connectivity index (χ1n) is 19.9. The van der Waals surface area contributed by atoms with Crippen LogP contribution in [0.25, 0.3) is 10.8 Å². The van der Waals surface area contributed by atoms with Gasteiger partial charge in [-0.05, 0) is 45.9 Å². The molecule has 4 aliphatic rings. The molecule has 4 bridgehead atoms. The van der Waals surface area contributed by atoms with Crippen LogP contribution >= 0.6 is 0 Å². The van der Waals surface area contributed by atoms with E-state index in [1.807, 2.05) is 0 Å². The van der Waals surface area contributed by atoms with E-state index in [2.05, 4.69) is 15.6 Å². The number of allylic oxidation sites excluding steroid dienone is 2. The lowest BCUT2D eigenvalue weighted by molar-refractivity contribution is -0.160.